The zero-order valence-corrected chi connectivity index (χ0v) is 15.4. The molecule has 0 aromatic heterocycles. The Labute approximate surface area is 138 Å². The van der Waals surface area contributed by atoms with E-state index in [0.29, 0.717) is 19.4 Å². The fourth-order valence-corrected chi connectivity index (χ4v) is 4.05. The van der Waals surface area contributed by atoms with E-state index < -0.39 is 19.2 Å². The van der Waals surface area contributed by atoms with Crippen molar-refractivity contribution < 1.29 is 32.7 Å². The van der Waals surface area contributed by atoms with Gasteiger partial charge in [-0.05, 0) is 40.5 Å². The summed E-state index contributed by atoms with van der Waals surface area (Å²) in [5.74, 6) is -0.869. The molecule has 0 aromatic rings. The van der Waals surface area contributed by atoms with Crippen LogP contribution in [0.1, 0.15) is 53.4 Å². The van der Waals surface area contributed by atoms with E-state index in [0.717, 1.165) is 0 Å². The summed E-state index contributed by atoms with van der Waals surface area (Å²) in [6.45, 7) is 7.69. The molecule has 0 bridgehead atoms. The summed E-state index contributed by atoms with van der Waals surface area (Å²) < 4.78 is 33.2. The summed E-state index contributed by atoms with van der Waals surface area (Å²) in [7, 11) is -3.58. The van der Waals surface area contributed by atoms with E-state index in [1.54, 1.807) is 27.7 Å². The molecule has 23 heavy (non-hydrogen) atoms. The van der Waals surface area contributed by atoms with E-state index in [4.69, 9.17) is 18.5 Å². The second-order valence-corrected chi connectivity index (χ2v) is 6.91. The quantitative estimate of drug-likeness (QED) is 0.285. The van der Waals surface area contributed by atoms with Crippen molar-refractivity contribution in [3.63, 3.8) is 0 Å². The summed E-state index contributed by atoms with van der Waals surface area (Å²) in [6, 6.07) is 0. The van der Waals surface area contributed by atoms with Crippen molar-refractivity contribution in [3.05, 3.63) is 0 Å². The molecule has 0 spiro atoms. The van der Waals surface area contributed by atoms with Crippen molar-refractivity contribution in [1.29, 1.82) is 0 Å². The molecule has 0 radical (unpaired) electrons. The minimum Gasteiger partial charge on any atom is -0.466 e. The largest absolute Gasteiger partial charge is 0.466 e. The molecule has 0 rings (SSSR count). The third-order valence-electron chi connectivity index (χ3n) is 2.97. The molecule has 0 fully saturated rings. The molecule has 0 aliphatic heterocycles. The molecule has 0 heterocycles. The van der Waals surface area contributed by atoms with Crippen LogP contribution >= 0.6 is 7.60 Å². The van der Waals surface area contributed by atoms with E-state index in [-0.39, 0.29) is 38.6 Å². The Kier molecular flexibility index (Phi) is 12.0. The van der Waals surface area contributed by atoms with Gasteiger partial charge in [0.05, 0.1) is 26.4 Å². The van der Waals surface area contributed by atoms with Crippen LogP contribution in [-0.2, 0) is 32.7 Å². The molecule has 0 saturated carbocycles. The first-order valence-electron chi connectivity index (χ1n) is 8.16. The van der Waals surface area contributed by atoms with E-state index in [2.05, 4.69) is 0 Å². The van der Waals surface area contributed by atoms with Gasteiger partial charge in [0.25, 0.3) is 0 Å². The number of hydrogen-bond acceptors (Lipinski definition) is 7. The van der Waals surface area contributed by atoms with Crippen LogP contribution in [0.5, 0.6) is 0 Å². The Bertz CT molecular complexity index is 387. The van der Waals surface area contributed by atoms with Crippen molar-refractivity contribution in [1.82, 2.24) is 0 Å². The van der Waals surface area contributed by atoms with E-state index >= 15 is 0 Å². The van der Waals surface area contributed by atoms with Gasteiger partial charge in [0, 0.05) is 6.42 Å². The van der Waals surface area contributed by atoms with Gasteiger partial charge in [-0.25, -0.2) is 0 Å². The highest BCUT2D eigenvalue weighted by atomic mass is 31.2. The van der Waals surface area contributed by atoms with Crippen molar-refractivity contribution in [2.75, 3.05) is 26.4 Å². The van der Waals surface area contributed by atoms with Gasteiger partial charge in [-0.2, -0.15) is 0 Å². The lowest BCUT2D eigenvalue weighted by molar-refractivity contribution is -0.143. The maximum Gasteiger partial charge on any atom is 0.344 e. The summed E-state index contributed by atoms with van der Waals surface area (Å²) in [4.78, 5) is 23.4. The Hall–Kier alpha value is -0.910. The number of rotatable bonds is 13. The van der Waals surface area contributed by atoms with Crippen molar-refractivity contribution in [2.24, 2.45) is 0 Å². The molecule has 1 atom stereocenters. The van der Waals surface area contributed by atoms with Gasteiger partial charge >= 0.3 is 19.5 Å². The molecule has 8 heteroatoms. The van der Waals surface area contributed by atoms with Gasteiger partial charge in [0.2, 0.25) is 0 Å². The first-order valence-corrected chi connectivity index (χ1v) is 9.77. The maximum absolute atomic E-state index is 12.8. The molecule has 0 aromatic carbocycles. The van der Waals surface area contributed by atoms with Crippen molar-refractivity contribution in [2.45, 2.75) is 59.0 Å². The Morgan fingerprint density at radius 1 is 0.870 bits per heavy atom. The van der Waals surface area contributed by atoms with E-state index in [9.17, 15) is 14.2 Å². The minimum atomic E-state index is -3.58. The lowest BCUT2D eigenvalue weighted by Gasteiger charge is -2.24. The summed E-state index contributed by atoms with van der Waals surface area (Å²) in [5, 5.41) is 0. The van der Waals surface area contributed by atoms with Crippen LogP contribution in [0.25, 0.3) is 0 Å². The average molecular weight is 352 g/mol. The zero-order chi connectivity index (χ0) is 17.7. The maximum atomic E-state index is 12.8. The number of esters is 2. The smallest absolute Gasteiger partial charge is 0.344 e. The number of ether oxygens (including phenoxy) is 2. The van der Waals surface area contributed by atoms with Gasteiger partial charge in [-0.1, -0.05) is 6.42 Å². The van der Waals surface area contributed by atoms with Crippen LogP contribution in [0.3, 0.4) is 0 Å². The predicted octanol–water partition coefficient (Wildman–Crippen LogP) is 3.31. The van der Waals surface area contributed by atoms with Crippen molar-refractivity contribution in [3.8, 4) is 0 Å². The molecular weight excluding hydrogens is 323 g/mol. The molecule has 7 nitrogen and oxygen atoms in total. The molecular formula is C15H29O7P. The topological polar surface area (TPSA) is 88.1 Å². The van der Waals surface area contributed by atoms with E-state index in [1.165, 1.54) is 0 Å². The van der Waals surface area contributed by atoms with Gasteiger partial charge in [-0.3, -0.25) is 14.2 Å². The monoisotopic (exact) mass is 352 g/mol. The van der Waals surface area contributed by atoms with Gasteiger partial charge in [0.1, 0.15) is 0 Å². The highest BCUT2D eigenvalue weighted by molar-refractivity contribution is 7.55. The fourth-order valence-electron chi connectivity index (χ4n) is 2.06. The summed E-state index contributed by atoms with van der Waals surface area (Å²) in [5.41, 5.74) is -0.968. The number of carbonyl (C=O) groups excluding carboxylic acids is 2. The lowest BCUT2D eigenvalue weighted by atomic mass is 10.1. The van der Waals surface area contributed by atoms with Crippen LogP contribution in [-0.4, -0.2) is 44.0 Å². The Morgan fingerprint density at radius 3 is 1.91 bits per heavy atom. The van der Waals surface area contributed by atoms with Crippen LogP contribution < -0.4 is 0 Å². The summed E-state index contributed by atoms with van der Waals surface area (Å²) >= 11 is 0. The molecule has 0 N–H and O–H groups in total. The van der Waals surface area contributed by atoms with Gasteiger partial charge in [0.15, 0.2) is 5.66 Å². The van der Waals surface area contributed by atoms with Crippen LogP contribution in [0.4, 0.5) is 0 Å². The molecule has 0 saturated heterocycles. The number of carbonyl (C=O) groups is 2. The van der Waals surface area contributed by atoms with Crippen LogP contribution in [0.15, 0.2) is 0 Å². The first kappa shape index (κ1) is 22.1. The van der Waals surface area contributed by atoms with Crippen LogP contribution in [0.2, 0.25) is 0 Å². The van der Waals surface area contributed by atoms with Crippen molar-refractivity contribution >= 4 is 19.5 Å². The molecule has 0 aliphatic carbocycles. The molecule has 1 unspecified atom stereocenters. The standard InChI is InChI=1S/C15H29O7P/c1-5-19-14(16)12-10-9-11-13(15(17)20-6-2)23(18,21-7-3)22-8-4/h13H,5-12H2,1-4H3. The lowest BCUT2D eigenvalue weighted by Crippen LogP contribution is -2.26. The molecule has 136 valence electrons. The zero-order valence-electron chi connectivity index (χ0n) is 14.5. The molecule has 0 aliphatic rings. The highest BCUT2D eigenvalue weighted by Crippen LogP contribution is 2.55. The normalized spacial score (nSPS) is 12.7. The average Bonchev–Trinajstić information content (AvgIpc) is 2.47. The molecule has 0 amide bonds. The Balaban J connectivity index is 4.77. The van der Waals surface area contributed by atoms with Gasteiger partial charge in [-0.15, -0.1) is 0 Å². The minimum absolute atomic E-state index is 0.177. The number of hydrogen-bond donors (Lipinski definition) is 0. The van der Waals surface area contributed by atoms with Gasteiger partial charge < -0.3 is 18.5 Å². The fraction of sp³-hybridized carbons (Fsp3) is 0.867. The highest BCUT2D eigenvalue weighted by Gasteiger charge is 2.41. The number of unbranched alkanes of at least 4 members (excludes halogenated alkanes) is 1. The van der Waals surface area contributed by atoms with E-state index in [1.807, 2.05) is 0 Å². The summed E-state index contributed by atoms with van der Waals surface area (Å²) in [6.07, 6.45) is 1.59. The second kappa shape index (κ2) is 12.5. The first-order chi connectivity index (χ1) is 10.9. The van der Waals surface area contributed by atoms with Crippen LogP contribution in [0, 0.1) is 0 Å². The SMILES string of the molecule is CCOC(=O)CCCCC(C(=O)OCC)P(=O)(OCC)OCC. The third kappa shape index (κ3) is 8.49. The Morgan fingerprint density at radius 2 is 1.43 bits per heavy atom. The predicted molar refractivity (Wildman–Crippen MR) is 86.4 cm³/mol. The third-order valence-corrected chi connectivity index (χ3v) is 5.44. The second-order valence-electron chi connectivity index (χ2n) is 4.69.